The maximum atomic E-state index is 10.8. The zero-order valence-corrected chi connectivity index (χ0v) is 32.1. The Labute approximate surface area is 315 Å². The van der Waals surface area contributed by atoms with Crippen LogP contribution in [0.3, 0.4) is 0 Å². The molecule has 0 amide bonds. The van der Waals surface area contributed by atoms with Crippen LogP contribution < -0.4 is 11.5 Å². The molecular weight excluding hydrogens is 649 g/mol. The van der Waals surface area contributed by atoms with Crippen molar-refractivity contribution in [3.8, 4) is 22.6 Å². The van der Waals surface area contributed by atoms with Crippen molar-refractivity contribution in [2.75, 3.05) is 11.5 Å². The first-order valence-corrected chi connectivity index (χ1v) is 20.5. The zero-order valence-electron chi connectivity index (χ0n) is 32.1. The number of hydrogen-bond acceptors (Lipinski definition) is 4. The van der Waals surface area contributed by atoms with E-state index in [1.165, 1.54) is 110 Å². The number of benzene rings is 4. The molecule has 0 radical (unpaired) electrons. The lowest BCUT2D eigenvalue weighted by atomic mass is 9.39. The molecule has 0 heterocycles. The molecule has 53 heavy (non-hydrogen) atoms. The van der Waals surface area contributed by atoms with Gasteiger partial charge in [-0.25, -0.2) is 0 Å². The highest BCUT2D eigenvalue weighted by Gasteiger charge is 2.62. The van der Waals surface area contributed by atoms with Gasteiger partial charge in [0, 0.05) is 0 Å². The Morgan fingerprint density at radius 2 is 0.811 bits per heavy atom. The van der Waals surface area contributed by atoms with Gasteiger partial charge in [0.25, 0.3) is 0 Å². The van der Waals surface area contributed by atoms with E-state index in [0.29, 0.717) is 33.0 Å². The van der Waals surface area contributed by atoms with Gasteiger partial charge in [0.2, 0.25) is 0 Å². The van der Waals surface area contributed by atoms with E-state index in [-0.39, 0.29) is 22.3 Å². The number of phenols is 2. The van der Waals surface area contributed by atoms with Crippen LogP contribution in [0.2, 0.25) is 0 Å². The fourth-order valence-corrected chi connectivity index (χ4v) is 16.9. The first-order valence-electron chi connectivity index (χ1n) is 20.5. The molecule has 0 aliphatic heterocycles. The van der Waals surface area contributed by atoms with Crippen molar-refractivity contribution in [2.24, 2.45) is 33.5 Å². The summed E-state index contributed by atoms with van der Waals surface area (Å²) in [5, 5.41) is 21.6. The third-order valence-corrected chi connectivity index (χ3v) is 16.5. The number of phenolic OH excluding ortho intramolecular Hbond substituents is 2. The predicted octanol–water partition coefficient (Wildman–Crippen LogP) is 11.1. The summed E-state index contributed by atoms with van der Waals surface area (Å²) in [6, 6.07) is 26.7. The molecule has 0 saturated heterocycles. The minimum absolute atomic E-state index is 0.0974. The van der Waals surface area contributed by atoms with Gasteiger partial charge in [-0.15, -0.1) is 0 Å². The minimum atomic E-state index is -0.744. The van der Waals surface area contributed by atoms with Crippen molar-refractivity contribution in [1.82, 2.24) is 0 Å². The Balaban J connectivity index is 1.18. The normalized spacial score (nSPS) is 39.3. The molecule has 4 aromatic carbocycles. The van der Waals surface area contributed by atoms with Crippen LogP contribution in [0.25, 0.3) is 11.1 Å². The number of nitrogen functional groups attached to an aromatic ring is 2. The van der Waals surface area contributed by atoms with Crippen LogP contribution in [-0.4, -0.2) is 10.2 Å². The monoisotopic (exact) mass is 704 g/mol. The largest absolute Gasteiger partial charge is 0.506 e. The van der Waals surface area contributed by atoms with E-state index >= 15 is 0 Å². The van der Waals surface area contributed by atoms with Gasteiger partial charge in [0.1, 0.15) is 11.5 Å². The zero-order chi connectivity index (χ0) is 36.6. The second kappa shape index (κ2) is 9.84. The standard InChI is InChI=1S/C49H56N2O2/c1-43-17-29-18-44(2,23-43)26-47(21-29,25-43)31-5-9-35-36-10-6-32(48-22-30-19-45(3,27-48)24-46(4,20-30)28-48)14-38(36)49(37(35)13-31,33-7-11-41(52)39(50)15-33)34-8-12-42(53)40(51)16-34/h5-16,29-30,52-53H,17-28,50-51H2,1-4H3. The molecule has 0 aromatic heterocycles. The fraction of sp³-hybridized carbons (Fsp3) is 0.510. The molecule has 8 saturated carbocycles. The number of nitrogens with two attached hydrogens (primary N) is 2. The summed E-state index contributed by atoms with van der Waals surface area (Å²) >= 11 is 0. The highest BCUT2D eigenvalue weighted by molar-refractivity contribution is 5.88. The topological polar surface area (TPSA) is 92.5 Å². The van der Waals surface area contributed by atoms with Gasteiger partial charge in [-0.2, -0.15) is 0 Å². The van der Waals surface area contributed by atoms with Crippen LogP contribution in [0.5, 0.6) is 11.5 Å². The number of rotatable bonds is 4. The van der Waals surface area contributed by atoms with E-state index in [4.69, 9.17) is 11.5 Å². The maximum Gasteiger partial charge on any atom is 0.138 e. The summed E-state index contributed by atoms with van der Waals surface area (Å²) in [5.41, 5.74) is 25.2. The van der Waals surface area contributed by atoms with Crippen molar-refractivity contribution < 1.29 is 10.2 Å². The van der Waals surface area contributed by atoms with E-state index in [9.17, 15) is 10.2 Å². The lowest BCUT2D eigenvalue weighted by molar-refractivity contribution is -0.110. The van der Waals surface area contributed by atoms with Gasteiger partial charge in [-0.1, -0.05) is 76.2 Å². The van der Waals surface area contributed by atoms with E-state index in [0.717, 1.165) is 23.0 Å². The van der Waals surface area contributed by atoms with Crippen molar-refractivity contribution in [3.05, 3.63) is 106 Å². The van der Waals surface area contributed by atoms with Crippen LogP contribution in [0.15, 0.2) is 72.8 Å². The predicted molar refractivity (Wildman–Crippen MR) is 214 cm³/mol. The molecule has 0 spiro atoms. The van der Waals surface area contributed by atoms with Crippen LogP contribution in [-0.2, 0) is 16.2 Å². The van der Waals surface area contributed by atoms with Crippen LogP contribution in [0.4, 0.5) is 11.4 Å². The molecule has 4 aromatic rings. The Morgan fingerprint density at radius 1 is 0.453 bits per heavy atom. The molecule has 6 N–H and O–H groups in total. The van der Waals surface area contributed by atoms with Crippen LogP contribution in [0.1, 0.15) is 138 Å². The number of hydrogen-bond donors (Lipinski definition) is 4. The lowest BCUT2D eigenvalue weighted by Gasteiger charge is -2.65. The van der Waals surface area contributed by atoms with Gasteiger partial charge in [0.05, 0.1) is 16.8 Å². The van der Waals surface area contributed by atoms with Gasteiger partial charge in [-0.3, -0.25) is 0 Å². The minimum Gasteiger partial charge on any atom is -0.506 e. The average Bonchev–Trinajstić information content (AvgIpc) is 3.34. The molecule has 8 fully saturated rings. The first-order chi connectivity index (χ1) is 25.1. The first kappa shape index (κ1) is 32.5. The Kier molecular flexibility index (Phi) is 6.03. The number of anilines is 2. The second-order valence-electron chi connectivity index (χ2n) is 21.6. The molecule has 4 atom stereocenters. The third-order valence-electron chi connectivity index (χ3n) is 16.5. The summed E-state index contributed by atoms with van der Waals surface area (Å²) < 4.78 is 0. The smallest absolute Gasteiger partial charge is 0.138 e. The Bertz CT molecular complexity index is 2070. The molecular formula is C49H56N2O2. The lowest BCUT2D eigenvalue weighted by Crippen LogP contribution is -2.56. The number of aromatic hydroxyl groups is 2. The summed E-state index contributed by atoms with van der Waals surface area (Å²) in [6.45, 7) is 10.3. The third kappa shape index (κ3) is 4.30. The molecule has 274 valence electrons. The quantitative estimate of drug-likeness (QED) is 0.111. The van der Waals surface area contributed by atoms with Crippen LogP contribution >= 0.6 is 0 Å². The van der Waals surface area contributed by atoms with Crippen molar-refractivity contribution in [3.63, 3.8) is 0 Å². The molecule has 13 rings (SSSR count). The van der Waals surface area contributed by atoms with E-state index in [2.05, 4.69) is 76.2 Å². The highest BCUT2D eigenvalue weighted by Crippen LogP contribution is 2.72. The van der Waals surface area contributed by atoms with Gasteiger partial charge in [0.15, 0.2) is 0 Å². The Morgan fingerprint density at radius 3 is 1.15 bits per heavy atom. The summed E-state index contributed by atoms with van der Waals surface area (Å²) in [4.78, 5) is 0. The van der Waals surface area contributed by atoms with Crippen LogP contribution in [0, 0.1) is 33.5 Å². The fourth-order valence-electron chi connectivity index (χ4n) is 16.9. The SMILES string of the molecule is CC12CC3CC(C)(C1)CC(c1ccc4c(c1)C(c1ccc(O)c(N)c1)(c1ccc(O)c(N)c1)c1cc(C56CC7CC(C)(CC(C)(C7)C5)C6)ccc1-4)(C3)C2. The Hall–Kier alpha value is -3.92. The highest BCUT2D eigenvalue weighted by atomic mass is 16.3. The summed E-state index contributed by atoms with van der Waals surface area (Å²) in [6.07, 6.45) is 15.8. The van der Waals surface area contributed by atoms with E-state index in [1.54, 1.807) is 12.1 Å². The molecule has 4 nitrogen and oxygen atoms in total. The van der Waals surface area contributed by atoms with Gasteiger partial charge in [-0.05, 0) is 190 Å². The molecule has 4 heteroatoms. The summed E-state index contributed by atoms with van der Waals surface area (Å²) in [5.74, 6) is 1.77. The molecule has 9 aliphatic carbocycles. The van der Waals surface area contributed by atoms with Gasteiger partial charge >= 0.3 is 0 Å². The van der Waals surface area contributed by atoms with Crippen molar-refractivity contribution in [1.29, 1.82) is 0 Å². The molecule has 9 aliphatic rings. The summed E-state index contributed by atoms with van der Waals surface area (Å²) in [7, 11) is 0. The van der Waals surface area contributed by atoms with Crippen molar-refractivity contribution in [2.45, 2.75) is 121 Å². The molecule has 8 bridgehead atoms. The molecule has 4 unspecified atom stereocenters. The van der Waals surface area contributed by atoms with E-state index < -0.39 is 5.41 Å². The van der Waals surface area contributed by atoms with Crippen molar-refractivity contribution >= 4 is 11.4 Å². The number of fused-ring (bicyclic) bond motifs is 3. The van der Waals surface area contributed by atoms with E-state index in [1.807, 2.05) is 12.1 Å². The second-order valence-corrected chi connectivity index (χ2v) is 21.6. The average molecular weight is 705 g/mol. The maximum absolute atomic E-state index is 10.8. The van der Waals surface area contributed by atoms with Gasteiger partial charge < -0.3 is 21.7 Å².